The molecule has 182 valence electrons. The van der Waals surface area contributed by atoms with E-state index < -0.39 is 34.1 Å². The van der Waals surface area contributed by atoms with Crippen LogP contribution in [0.2, 0.25) is 0 Å². The van der Waals surface area contributed by atoms with Crippen LogP contribution in [0.1, 0.15) is 39.4 Å². The van der Waals surface area contributed by atoms with Gasteiger partial charge in [0.15, 0.2) is 0 Å². The van der Waals surface area contributed by atoms with Crippen molar-refractivity contribution in [1.82, 2.24) is 5.32 Å². The minimum Gasteiger partial charge on any atom is -0.465 e. The van der Waals surface area contributed by atoms with Crippen molar-refractivity contribution in [3.63, 3.8) is 0 Å². The molecule has 3 aromatic rings. The van der Waals surface area contributed by atoms with Gasteiger partial charge < -0.3 is 14.8 Å². The van der Waals surface area contributed by atoms with Crippen LogP contribution in [-0.2, 0) is 9.47 Å². The van der Waals surface area contributed by atoms with Crippen molar-refractivity contribution in [3.05, 3.63) is 98.8 Å². The van der Waals surface area contributed by atoms with Gasteiger partial charge in [0.25, 0.3) is 5.69 Å². The van der Waals surface area contributed by atoms with Crippen LogP contribution < -0.4 is 5.32 Å². The van der Waals surface area contributed by atoms with Gasteiger partial charge in [0.05, 0.1) is 17.6 Å². The fourth-order valence-electron chi connectivity index (χ4n) is 4.12. The molecule has 0 aromatic heterocycles. The van der Waals surface area contributed by atoms with Gasteiger partial charge in [-0.25, -0.2) is 14.0 Å². The van der Waals surface area contributed by atoms with E-state index in [-0.39, 0.29) is 31.1 Å². The molecule has 0 radical (unpaired) electrons. The maximum atomic E-state index is 14.3. The Bertz CT molecular complexity index is 1360. The summed E-state index contributed by atoms with van der Waals surface area (Å²) in [4.78, 5) is 34.2. The highest BCUT2D eigenvalue weighted by molar-refractivity contribution is 5.94. The van der Waals surface area contributed by atoms with Crippen LogP contribution in [0.15, 0.2) is 60.7 Å². The SMILES string of the molecule is COC(=O)c1cc(F)c(C#CCCNC(=O)OCC2c3ccccc3-c3ccccc32)cc1[N+](=O)[O-]. The summed E-state index contributed by atoms with van der Waals surface area (Å²) in [6.45, 7) is 0.306. The summed E-state index contributed by atoms with van der Waals surface area (Å²) in [6, 6.07) is 17.6. The van der Waals surface area contributed by atoms with E-state index in [9.17, 15) is 24.1 Å². The fourth-order valence-corrected chi connectivity index (χ4v) is 4.12. The number of carbonyl (C=O) groups is 2. The van der Waals surface area contributed by atoms with E-state index in [4.69, 9.17) is 4.74 Å². The number of nitrogens with zero attached hydrogens (tertiary/aromatic N) is 1. The third-order valence-corrected chi connectivity index (χ3v) is 5.77. The number of hydrogen-bond donors (Lipinski definition) is 1. The number of benzene rings is 3. The van der Waals surface area contributed by atoms with E-state index >= 15 is 0 Å². The molecular formula is C27H21FN2O6. The van der Waals surface area contributed by atoms with Gasteiger partial charge in [0, 0.05) is 24.9 Å². The summed E-state index contributed by atoms with van der Waals surface area (Å²) in [7, 11) is 1.04. The molecule has 0 unspecified atom stereocenters. The van der Waals surface area contributed by atoms with Gasteiger partial charge in [-0.2, -0.15) is 0 Å². The molecule has 3 aromatic carbocycles. The summed E-state index contributed by atoms with van der Waals surface area (Å²) >= 11 is 0. The van der Waals surface area contributed by atoms with Crippen LogP contribution >= 0.6 is 0 Å². The van der Waals surface area contributed by atoms with Crippen LogP contribution in [0.3, 0.4) is 0 Å². The van der Waals surface area contributed by atoms with Gasteiger partial charge in [-0.3, -0.25) is 10.1 Å². The lowest BCUT2D eigenvalue weighted by atomic mass is 9.98. The topological polar surface area (TPSA) is 108 Å². The Morgan fingerprint density at radius 1 is 1.08 bits per heavy atom. The van der Waals surface area contributed by atoms with Crippen molar-refractivity contribution < 1.29 is 28.4 Å². The molecule has 1 aliphatic rings. The Hall–Kier alpha value is -4.71. The Morgan fingerprint density at radius 3 is 2.33 bits per heavy atom. The zero-order valence-corrected chi connectivity index (χ0v) is 19.2. The van der Waals surface area contributed by atoms with Crippen molar-refractivity contribution in [2.75, 3.05) is 20.3 Å². The predicted molar refractivity (Wildman–Crippen MR) is 129 cm³/mol. The number of hydrogen-bond acceptors (Lipinski definition) is 6. The number of alkyl carbamates (subject to hydrolysis) is 1. The van der Waals surface area contributed by atoms with Crippen LogP contribution in [0.5, 0.6) is 0 Å². The summed E-state index contributed by atoms with van der Waals surface area (Å²) in [5.74, 6) is 3.17. The molecule has 0 saturated heterocycles. The van der Waals surface area contributed by atoms with Gasteiger partial charge in [-0.15, -0.1) is 0 Å². The summed E-state index contributed by atoms with van der Waals surface area (Å²) in [5, 5.41) is 13.8. The maximum absolute atomic E-state index is 14.3. The lowest BCUT2D eigenvalue weighted by Gasteiger charge is -2.14. The second-order valence-electron chi connectivity index (χ2n) is 7.90. The second kappa shape index (κ2) is 10.7. The Balaban J connectivity index is 1.32. The largest absolute Gasteiger partial charge is 0.465 e. The monoisotopic (exact) mass is 488 g/mol. The van der Waals surface area contributed by atoms with Crippen LogP contribution in [0.25, 0.3) is 11.1 Å². The number of methoxy groups -OCH3 is 1. The molecule has 0 heterocycles. The number of halogens is 1. The minimum absolute atomic E-state index is 0.0605. The zero-order valence-electron chi connectivity index (χ0n) is 19.2. The molecular weight excluding hydrogens is 467 g/mol. The first kappa shape index (κ1) is 24.4. The molecule has 4 rings (SSSR count). The molecule has 8 nitrogen and oxygen atoms in total. The van der Waals surface area contributed by atoms with Crippen LogP contribution in [-0.4, -0.2) is 37.2 Å². The fraction of sp³-hybridized carbons (Fsp3) is 0.185. The van der Waals surface area contributed by atoms with Gasteiger partial charge >= 0.3 is 12.1 Å². The molecule has 1 amide bonds. The van der Waals surface area contributed by atoms with E-state index in [2.05, 4.69) is 21.9 Å². The molecule has 1 N–H and O–H groups in total. The second-order valence-corrected chi connectivity index (χ2v) is 7.90. The summed E-state index contributed by atoms with van der Waals surface area (Å²) < 4.78 is 24.1. The lowest BCUT2D eigenvalue weighted by Crippen LogP contribution is -2.26. The van der Waals surface area contributed by atoms with Crippen molar-refractivity contribution in [2.24, 2.45) is 0 Å². The number of carbonyl (C=O) groups excluding carboxylic acids is 2. The minimum atomic E-state index is -1.02. The summed E-state index contributed by atoms with van der Waals surface area (Å²) in [6.07, 6.45) is -0.459. The highest BCUT2D eigenvalue weighted by Gasteiger charge is 2.29. The summed E-state index contributed by atoms with van der Waals surface area (Å²) in [5.41, 5.74) is 3.12. The van der Waals surface area contributed by atoms with Crippen LogP contribution in [0, 0.1) is 27.8 Å². The number of esters is 1. The van der Waals surface area contributed by atoms with Crippen molar-refractivity contribution in [3.8, 4) is 23.0 Å². The van der Waals surface area contributed by atoms with Crippen molar-refractivity contribution >= 4 is 17.7 Å². The zero-order chi connectivity index (χ0) is 25.7. The average molecular weight is 488 g/mol. The molecule has 0 saturated carbocycles. The quantitative estimate of drug-likeness (QED) is 0.176. The molecule has 36 heavy (non-hydrogen) atoms. The highest BCUT2D eigenvalue weighted by atomic mass is 19.1. The number of nitrogens with one attached hydrogen (secondary N) is 1. The van der Waals surface area contributed by atoms with Crippen molar-refractivity contribution in [1.29, 1.82) is 0 Å². The number of fused-ring (bicyclic) bond motifs is 3. The van der Waals surface area contributed by atoms with E-state index in [1.54, 1.807) is 0 Å². The molecule has 1 aliphatic carbocycles. The lowest BCUT2D eigenvalue weighted by molar-refractivity contribution is -0.385. The van der Waals surface area contributed by atoms with E-state index in [0.29, 0.717) is 0 Å². The smallest absolute Gasteiger partial charge is 0.407 e. The third kappa shape index (κ3) is 5.03. The number of rotatable bonds is 6. The number of nitro groups is 1. The van der Waals surface area contributed by atoms with E-state index in [0.717, 1.165) is 41.5 Å². The van der Waals surface area contributed by atoms with Gasteiger partial charge in [-0.05, 0) is 28.3 Å². The molecule has 0 aliphatic heterocycles. The van der Waals surface area contributed by atoms with Gasteiger partial charge in [-0.1, -0.05) is 60.4 Å². The Labute approximate surface area is 206 Å². The first-order chi connectivity index (χ1) is 17.4. The predicted octanol–water partition coefficient (Wildman–Crippen LogP) is 4.80. The normalized spacial score (nSPS) is 11.5. The number of amides is 1. The molecule has 0 fully saturated rings. The third-order valence-electron chi connectivity index (χ3n) is 5.77. The molecule has 0 spiro atoms. The standard InChI is InChI=1S/C27H21FN2O6/c1-35-26(31)22-15-24(28)17(14-25(22)30(33)34)8-6-7-13-29-27(32)36-16-23-20-11-4-2-9-18(20)19-10-3-5-12-21(19)23/h2-5,9-12,14-15,23H,7,13,16H2,1H3,(H,29,32). The van der Waals surface area contributed by atoms with E-state index in [1.807, 2.05) is 48.5 Å². The van der Waals surface area contributed by atoms with E-state index in [1.165, 1.54) is 0 Å². The van der Waals surface area contributed by atoms with Gasteiger partial charge in [0.2, 0.25) is 0 Å². The average Bonchev–Trinajstić information content (AvgIpc) is 3.21. The van der Waals surface area contributed by atoms with Gasteiger partial charge in [0.1, 0.15) is 18.0 Å². The Kier molecular flexibility index (Phi) is 7.25. The van der Waals surface area contributed by atoms with Crippen molar-refractivity contribution in [2.45, 2.75) is 12.3 Å². The highest BCUT2D eigenvalue weighted by Crippen LogP contribution is 2.44. The molecule has 9 heteroatoms. The Morgan fingerprint density at radius 2 is 1.72 bits per heavy atom. The van der Waals surface area contributed by atoms with Crippen LogP contribution in [0.4, 0.5) is 14.9 Å². The molecule has 0 bridgehead atoms. The molecule has 0 atom stereocenters. The number of nitro benzene ring substituents is 1. The number of ether oxygens (including phenoxy) is 2. The maximum Gasteiger partial charge on any atom is 0.407 e. The first-order valence-electron chi connectivity index (χ1n) is 11.0. The first-order valence-corrected chi connectivity index (χ1v) is 11.0.